The second-order valence-electron chi connectivity index (χ2n) is 6.95. The van der Waals surface area contributed by atoms with E-state index in [1.807, 2.05) is 13.8 Å². The Balaban J connectivity index is 1.98. The largest absolute Gasteiger partial charge is 0.481 e. The van der Waals surface area contributed by atoms with Gasteiger partial charge in [0.15, 0.2) is 0 Å². The number of piperidine rings is 1. The fourth-order valence-corrected chi connectivity index (χ4v) is 3.68. The molecule has 0 spiro atoms. The quantitative estimate of drug-likeness (QED) is 0.812. The summed E-state index contributed by atoms with van der Waals surface area (Å²) in [5.41, 5.74) is 0. The zero-order valence-electron chi connectivity index (χ0n) is 13.2. The smallest absolute Gasteiger partial charge is 0.303 e. The third-order valence-corrected chi connectivity index (χ3v) is 4.74. The predicted octanol–water partition coefficient (Wildman–Crippen LogP) is 1.87. The number of aliphatic carboxylic acids is 1. The van der Waals surface area contributed by atoms with Crippen LogP contribution in [0, 0.1) is 11.8 Å². The maximum atomic E-state index is 11.9. The number of carbonyl (C=O) groups excluding carboxylic acids is 1. The van der Waals surface area contributed by atoms with Gasteiger partial charge in [-0.25, -0.2) is 0 Å². The lowest BCUT2D eigenvalue weighted by atomic mass is 9.90. The minimum absolute atomic E-state index is 0.0234. The van der Waals surface area contributed by atoms with Gasteiger partial charge in [-0.1, -0.05) is 26.7 Å². The van der Waals surface area contributed by atoms with E-state index >= 15 is 0 Å². The van der Waals surface area contributed by atoms with E-state index in [0.717, 1.165) is 19.5 Å². The van der Waals surface area contributed by atoms with Crippen LogP contribution in [-0.2, 0) is 9.59 Å². The Kier molecular flexibility index (Phi) is 5.62. The summed E-state index contributed by atoms with van der Waals surface area (Å²) in [6, 6.07) is 0.679. The summed E-state index contributed by atoms with van der Waals surface area (Å²) >= 11 is 0. The summed E-state index contributed by atoms with van der Waals surface area (Å²) in [6.45, 7) is 5.52. The second kappa shape index (κ2) is 7.25. The summed E-state index contributed by atoms with van der Waals surface area (Å²) in [5.74, 6) is -0.538. The van der Waals surface area contributed by atoms with Gasteiger partial charge in [0.05, 0.1) is 0 Å². The highest BCUT2D eigenvalue weighted by Crippen LogP contribution is 2.29. The summed E-state index contributed by atoms with van der Waals surface area (Å²) in [4.78, 5) is 25.4. The van der Waals surface area contributed by atoms with E-state index in [2.05, 4.69) is 10.2 Å². The van der Waals surface area contributed by atoms with Crippen molar-refractivity contribution < 1.29 is 14.7 Å². The molecule has 1 amide bonds. The summed E-state index contributed by atoms with van der Waals surface area (Å²) in [5, 5.41) is 12.2. The van der Waals surface area contributed by atoms with Gasteiger partial charge < -0.3 is 10.4 Å². The van der Waals surface area contributed by atoms with Crippen molar-refractivity contribution in [1.29, 1.82) is 0 Å². The minimum Gasteiger partial charge on any atom is -0.481 e. The molecule has 2 N–H and O–H groups in total. The van der Waals surface area contributed by atoms with Gasteiger partial charge in [-0.3, -0.25) is 14.5 Å². The van der Waals surface area contributed by atoms with Crippen LogP contribution in [0.3, 0.4) is 0 Å². The molecule has 21 heavy (non-hydrogen) atoms. The highest BCUT2D eigenvalue weighted by Gasteiger charge is 2.34. The van der Waals surface area contributed by atoms with Crippen molar-refractivity contribution in [3.8, 4) is 0 Å². The average Bonchev–Trinajstić information content (AvgIpc) is 2.91. The molecule has 0 aromatic carbocycles. The lowest BCUT2D eigenvalue weighted by molar-refractivity contribution is -0.138. The second-order valence-corrected chi connectivity index (χ2v) is 6.95. The lowest BCUT2D eigenvalue weighted by Crippen LogP contribution is -2.54. The van der Waals surface area contributed by atoms with E-state index in [1.165, 1.54) is 25.7 Å². The van der Waals surface area contributed by atoms with Crippen LogP contribution < -0.4 is 5.32 Å². The average molecular weight is 296 g/mol. The number of hydrogen-bond acceptors (Lipinski definition) is 3. The summed E-state index contributed by atoms with van der Waals surface area (Å²) in [6.07, 6.45) is 5.96. The van der Waals surface area contributed by atoms with Gasteiger partial charge in [-0.2, -0.15) is 0 Å². The zero-order valence-corrected chi connectivity index (χ0v) is 13.2. The van der Waals surface area contributed by atoms with Crippen molar-refractivity contribution in [2.24, 2.45) is 11.8 Å². The molecule has 2 atom stereocenters. The maximum Gasteiger partial charge on any atom is 0.303 e. The molecule has 0 aromatic heterocycles. The number of likely N-dealkylation sites (tertiary alicyclic amines) is 1. The fraction of sp³-hybridized carbons (Fsp3) is 0.875. The normalized spacial score (nSPS) is 28.0. The van der Waals surface area contributed by atoms with Crippen LogP contribution >= 0.6 is 0 Å². The number of carbonyl (C=O) groups is 2. The number of carboxylic acid groups (broad SMARTS) is 1. The predicted molar refractivity (Wildman–Crippen MR) is 81.0 cm³/mol. The summed E-state index contributed by atoms with van der Waals surface area (Å²) in [7, 11) is 0. The number of hydrogen-bond donors (Lipinski definition) is 2. The van der Waals surface area contributed by atoms with Crippen molar-refractivity contribution >= 4 is 11.9 Å². The van der Waals surface area contributed by atoms with Crippen molar-refractivity contribution in [1.82, 2.24) is 10.2 Å². The first kappa shape index (κ1) is 16.3. The number of nitrogens with one attached hydrogen (secondary N) is 1. The SMILES string of the molecule is CC(C)C(=O)NC1CC(CC(=O)O)CN(C2CCCC2)C1. The van der Waals surface area contributed by atoms with E-state index in [4.69, 9.17) is 5.11 Å². The van der Waals surface area contributed by atoms with Gasteiger partial charge in [0.2, 0.25) is 5.91 Å². The highest BCUT2D eigenvalue weighted by atomic mass is 16.4. The number of nitrogens with zero attached hydrogens (tertiary/aromatic N) is 1. The van der Waals surface area contributed by atoms with Gasteiger partial charge in [-0.15, -0.1) is 0 Å². The van der Waals surface area contributed by atoms with Crippen LogP contribution in [0.2, 0.25) is 0 Å². The molecule has 5 heteroatoms. The summed E-state index contributed by atoms with van der Waals surface area (Å²) < 4.78 is 0. The van der Waals surface area contributed by atoms with Gasteiger partial charge in [0, 0.05) is 37.5 Å². The molecule has 1 aliphatic heterocycles. The Labute approximate surface area is 127 Å². The number of carboxylic acids is 1. The molecule has 1 heterocycles. The number of rotatable bonds is 5. The molecule has 1 saturated heterocycles. The molecule has 120 valence electrons. The molecule has 2 rings (SSSR count). The van der Waals surface area contributed by atoms with E-state index in [0.29, 0.717) is 6.04 Å². The molecule has 5 nitrogen and oxygen atoms in total. The maximum absolute atomic E-state index is 11.9. The molecular weight excluding hydrogens is 268 g/mol. The Morgan fingerprint density at radius 3 is 2.48 bits per heavy atom. The Hall–Kier alpha value is -1.10. The first-order chi connectivity index (χ1) is 9.95. The van der Waals surface area contributed by atoms with Crippen molar-refractivity contribution in [3.05, 3.63) is 0 Å². The third kappa shape index (κ3) is 4.70. The van der Waals surface area contributed by atoms with E-state index in [9.17, 15) is 9.59 Å². The molecule has 0 radical (unpaired) electrons. The minimum atomic E-state index is -0.734. The van der Waals surface area contributed by atoms with Crippen LogP contribution in [0.1, 0.15) is 52.4 Å². The first-order valence-electron chi connectivity index (χ1n) is 8.22. The van der Waals surface area contributed by atoms with Crippen LogP contribution in [0.25, 0.3) is 0 Å². The topological polar surface area (TPSA) is 69.6 Å². The standard InChI is InChI=1S/C16H28N2O3/c1-11(2)16(21)17-13-7-12(8-15(19)20)9-18(10-13)14-5-3-4-6-14/h11-14H,3-10H2,1-2H3,(H,17,21)(H,19,20). The Morgan fingerprint density at radius 2 is 1.90 bits per heavy atom. The van der Waals surface area contributed by atoms with Gasteiger partial charge in [0.1, 0.15) is 0 Å². The van der Waals surface area contributed by atoms with Gasteiger partial charge in [-0.05, 0) is 25.2 Å². The molecule has 0 bridgehead atoms. The molecule has 1 saturated carbocycles. The molecular formula is C16H28N2O3. The Morgan fingerprint density at radius 1 is 1.24 bits per heavy atom. The van der Waals surface area contributed by atoms with Crippen LogP contribution in [-0.4, -0.2) is 47.1 Å². The van der Waals surface area contributed by atoms with Crippen molar-refractivity contribution in [2.75, 3.05) is 13.1 Å². The molecule has 1 aliphatic carbocycles. The molecule has 2 unspecified atom stereocenters. The molecule has 2 fully saturated rings. The first-order valence-corrected chi connectivity index (χ1v) is 8.22. The monoisotopic (exact) mass is 296 g/mol. The highest BCUT2D eigenvalue weighted by molar-refractivity contribution is 5.78. The van der Waals surface area contributed by atoms with E-state index in [1.54, 1.807) is 0 Å². The molecule has 0 aromatic rings. The fourth-order valence-electron chi connectivity index (χ4n) is 3.68. The van der Waals surface area contributed by atoms with Crippen LogP contribution in [0.15, 0.2) is 0 Å². The third-order valence-electron chi connectivity index (χ3n) is 4.74. The van der Waals surface area contributed by atoms with Crippen LogP contribution in [0.5, 0.6) is 0 Å². The van der Waals surface area contributed by atoms with Gasteiger partial charge >= 0.3 is 5.97 Å². The molecule has 2 aliphatic rings. The van der Waals surface area contributed by atoms with Crippen LogP contribution in [0.4, 0.5) is 0 Å². The van der Waals surface area contributed by atoms with Crippen molar-refractivity contribution in [3.63, 3.8) is 0 Å². The zero-order chi connectivity index (χ0) is 15.4. The number of amides is 1. The van der Waals surface area contributed by atoms with E-state index < -0.39 is 5.97 Å². The Bertz CT molecular complexity index is 378. The lowest BCUT2D eigenvalue weighted by Gasteiger charge is -2.41. The van der Waals surface area contributed by atoms with E-state index in [-0.39, 0.29) is 30.2 Å². The van der Waals surface area contributed by atoms with Crippen molar-refractivity contribution in [2.45, 2.75) is 64.5 Å². The van der Waals surface area contributed by atoms with Gasteiger partial charge in [0.25, 0.3) is 0 Å².